The number of halogens is 2. The van der Waals surface area contributed by atoms with Crippen LogP contribution in [0, 0.1) is 0 Å². The molecule has 0 bridgehead atoms. The predicted octanol–water partition coefficient (Wildman–Crippen LogP) is 5.89. The van der Waals surface area contributed by atoms with Gasteiger partial charge in [-0.25, -0.2) is 0 Å². The lowest BCUT2D eigenvalue weighted by Gasteiger charge is -2.18. The van der Waals surface area contributed by atoms with E-state index >= 15 is 0 Å². The van der Waals surface area contributed by atoms with E-state index < -0.39 is 0 Å². The molecular formula is C20H21Cl2NO2. The Kier molecular flexibility index (Phi) is 6.26. The summed E-state index contributed by atoms with van der Waals surface area (Å²) in [6.45, 7) is 6.36. The number of benzene rings is 2. The third kappa shape index (κ3) is 5.87. The number of carbonyl (C=O) groups excluding carboxylic acids is 2. The van der Waals surface area contributed by atoms with Crippen LogP contribution >= 0.6 is 23.2 Å². The summed E-state index contributed by atoms with van der Waals surface area (Å²) in [7, 11) is 0. The van der Waals surface area contributed by atoms with Crippen molar-refractivity contribution in [2.45, 2.75) is 39.0 Å². The maximum Gasteiger partial charge on any atom is 0.224 e. The molecule has 5 heteroatoms. The minimum Gasteiger partial charge on any atom is -0.326 e. The molecule has 0 fully saturated rings. The van der Waals surface area contributed by atoms with Crippen molar-refractivity contribution in [3.05, 3.63) is 63.6 Å². The molecule has 0 saturated carbocycles. The quantitative estimate of drug-likeness (QED) is 0.659. The molecular weight excluding hydrogens is 357 g/mol. The van der Waals surface area contributed by atoms with Crippen molar-refractivity contribution >= 4 is 40.6 Å². The molecule has 0 aliphatic carbocycles. The second-order valence-corrected chi connectivity index (χ2v) is 7.83. The van der Waals surface area contributed by atoms with E-state index in [0.29, 0.717) is 21.3 Å². The molecule has 1 amide bonds. The van der Waals surface area contributed by atoms with Crippen LogP contribution in [0.1, 0.15) is 49.5 Å². The lowest BCUT2D eigenvalue weighted by molar-refractivity contribution is -0.116. The van der Waals surface area contributed by atoms with Crippen LogP contribution in [0.5, 0.6) is 0 Å². The van der Waals surface area contributed by atoms with Crippen LogP contribution in [-0.2, 0) is 10.2 Å². The second-order valence-electron chi connectivity index (χ2n) is 6.96. The highest BCUT2D eigenvalue weighted by atomic mass is 35.5. The molecule has 25 heavy (non-hydrogen) atoms. The lowest BCUT2D eigenvalue weighted by atomic mass is 9.86. The fourth-order valence-corrected chi connectivity index (χ4v) is 2.90. The second kappa shape index (κ2) is 8.03. The van der Waals surface area contributed by atoms with Gasteiger partial charge in [0.15, 0.2) is 5.78 Å². The maximum absolute atomic E-state index is 12.2. The molecule has 0 aliphatic rings. The van der Waals surface area contributed by atoms with E-state index in [4.69, 9.17) is 23.2 Å². The van der Waals surface area contributed by atoms with Gasteiger partial charge in [-0.05, 0) is 29.2 Å². The summed E-state index contributed by atoms with van der Waals surface area (Å²) in [6.07, 6.45) is 0.249. The topological polar surface area (TPSA) is 46.2 Å². The van der Waals surface area contributed by atoms with Gasteiger partial charge in [0.2, 0.25) is 5.91 Å². The van der Waals surface area contributed by atoms with E-state index in [1.54, 1.807) is 18.2 Å². The molecule has 2 rings (SSSR count). The number of nitrogens with one attached hydrogen (secondary N) is 1. The standard InChI is InChI=1S/C20H21Cl2NO2/c1-20(2,3)14-6-4-13(5-7-14)18(24)8-9-19(25)23-17-11-15(21)10-16(22)12-17/h4-7,10-12H,8-9H2,1-3H3,(H,23,25). The highest BCUT2D eigenvalue weighted by Crippen LogP contribution is 2.24. The van der Waals surface area contributed by atoms with Crippen molar-refractivity contribution in [1.82, 2.24) is 0 Å². The number of carbonyl (C=O) groups is 2. The van der Waals surface area contributed by atoms with Crippen molar-refractivity contribution in [3.8, 4) is 0 Å². The van der Waals surface area contributed by atoms with Gasteiger partial charge in [0.1, 0.15) is 0 Å². The first kappa shape index (κ1) is 19.5. The van der Waals surface area contributed by atoms with Gasteiger partial charge in [0.05, 0.1) is 0 Å². The average molecular weight is 378 g/mol. The first-order valence-electron chi connectivity index (χ1n) is 8.05. The van der Waals surface area contributed by atoms with Gasteiger partial charge in [0, 0.05) is 34.1 Å². The van der Waals surface area contributed by atoms with Gasteiger partial charge >= 0.3 is 0 Å². The Morgan fingerprint density at radius 1 is 0.920 bits per heavy atom. The number of hydrogen-bond donors (Lipinski definition) is 1. The highest BCUT2D eigenvalue weighted by molar-refractivity contribution is 6.35. The molecule has 0 unspecified atom stereocenters. The van der Waals surface area contributed by atoms with Crippen molar-refractivity contribution in [1.29, 1.82) is 0 Å². The van der Waals surface area contributed by atoms with Gasteiger partial charge in [-0.2, -0.15) is 0 Å². The van der Waals surface area contributed by atoms with Crippen LogP contribution in [0.25, 0.3) is 0 Å². The van der Waals surface area contributed by atoms with Gasteiger partial charge in [0.25, 0.3) is 0 Å². The molecule has 0 saturated heterocycles. The summed E-state index contributed by atoms with van der Waals surface area (Å²) in [4.78, 5) is 24.3. The summed E-state index contributed by atoms with van der Waals surface area (Å²) in [5, 5.41) is 3.58. The van der Waals surface area contributed by atoms with Crippen LogP contribution < -0.4 is 5.32 Å². The SMILES string of the molecule is CC(C)(C)c1ccc(C(=O)CCC(=O)Nc2cc(Cl)cc(Cl)c2)cc1. The monoisotopic (exact) mass is 377 g/mol. The van der Waals surface area contributed by atoms with Crippen molar-refractivity contribution < 1.29 is 9.59 Å². The number of Topliss-reactive ketones (excluding diaryl/α,β-unsaturated/α-hetero) is 1. The van der Waals surface area contributed by atoms with Crippen LogP contribution in [0.3, 0.4) is 0 Å². The first-order chi connectivity index (χ1) is 11.6. The number of hydrogen-bond acceptors (Lipinski definition) is 2. The molecule has 0 radical (unpaired) electrons. The Hall–Kier alpha value is -1.84. The lowest BCUT2D eigenvalue weighted by Crippen LogP contribution is -2.14. The van der Waals surface area contributed by atoms with E-state index in [1.807, 2.05) is 24.3 Å². The normalized spacial score (nSPS) is 11.2. The largest absolute Gasteiger partial charge is 0.326 e. The molecule has 1 N–H and O–H groups in total. The number of rotatable bonds is 5. The summed E-state index contributed by atoms with van der Waals surface area (Å²) in [6, 6.07) is 12.4. The average Bonchev–Trinajstić information content (AvgIpc) is 2.51. The van der Waals surface area contributed by atoms with Gasteiger partial charge in [-0.1, -0.05) is 68.2 Å². The molecule has 0 atom stereocenters. The molecule has 0 heterocycles. The molecule has 0 aromatic heterocycles. The minimum absolute atomic E-state index is 0.0414. The summed E-state index contributed by atoms with van der Waals surface area (Å²) >= 11 is 11.8. The molecule has 0 spiro atoms. The van der Waals surface area contributed by atoms with Crippen molar-refractivity contribution in [2.24, 2.45) is 0 Å². The van der Waals surface area contributed by atoms with Crippen LogP contribution in [0.2, 0.25) is 10.0 Å². The van der Waals surface area contributed by atoms with E-state index in [2.05, 4.69) is 26.1 Å². The van der Waals surface area contributed by atoms with Crippen LogP contribution in [0.15, 0.2) is 42.5 Å². The summed E-state index contributed by atoms with van der Waals surface area (Å²) < 4.78 is 0. The van der Waals surface area contributed by atoms with E-state index in [0.717, 1.165) is 0 Å². The zero-order valence-corrected chi connectivity index (χ0v) is 16.0. The predicted molar refractivity (Wildman–Crippen MR) is 104 cm³/mol. The third-order valence-electron chi connectivity index (χ3n) is 3.80. The maximum atomic E-state index is 12.2. The Balaban J connectivity index is 1.91. The minimum atomic E-state index is -0.252. The van der Waals surface area contributed by atoms with E-state index in [9.17, 15) is 9.59 Å². The van der Waals surface area contributed by atoms with Gasteiger partial charge in [-0.3, -0.25) is 9.59 Å². The van der Waals surface area contributed by atoms with Crippen molar-refractivity contribution in [2.75, 3.05) is 5.32 Å². The number of ketones is 1. The number of anilines is 1. The fourth-order valence-electron chi connectivity index (χ4n) is 2.38. The van der Waals surface area contributed by atoms with Crippen molar-refractivity contribution in [3.63, 3.8) is 0 Å². The third-order valence-corrected chi connectivity index (χ3v) is 4.23. The molecule has 2 aromatic carbocycles. The van der Waals surface area contributed by atoms with Gasteiger partial charge in [-0.15, -0.1) is 0 Å². The van der Waals surface area contributed by atoms with E-state index in [1.165, 1.54) is 5.56 Å². The fraction of sp³-hybridized carbons (Fsp3) is 0.300. The highest BCUT2D eigenvalue weighted by Gasteiger charge is 2.15. The summed E-state index contributed by atoms with van der Waals surface area (Å²) in [5.74, 6) is -0.308. The smallest absolute Gasteiger partial charge is 0.224 e. The molecule has 132 valence electrons. The van der Waals surface area contributed by atoms with Crippen LogP contribution in [0.4, 0.5) is 5.69 Å². The zero-order valence-electron chi connectivity index (χ0n) is 14.5. The Morgan fingerprint density at radius 3 is 2.00 bits per heavy atom. The zero-order chi connectivity index (χ0) is 18.6. The van der Waals surface area contributed by atoms with Gasteiger partial charge < -0.3 is 5.32 Å². The summed E-state index contributed by atoms with van der Waals surface area (Å²) in [5.41, 5.74) is 2.34. The van der Waals surface area contributed by atoms with Crippen LogP contribution in [-0.4, -0.2) is 11.7 Å². The number of amides is 1. The van der Waals surface area contributed by atoms with E-state index in [-0.39, 0.29) is 29.9 Å². The first-order valence-corrected chi connectivity index (χ1v) is 8.80. The Bertz CT molecular complexity index is 757. The molecule has 0 aliphatic heterocycles. The molecule has 3 nitrogen and oxygen atoms in total. The Morgan fingerprint density at radius 2 is 1.48 bits per heavy atom. The molecule has 2 aromatic rings. The Labute approximate surface area is 158 Å².